The highest BCUT2D eigenvalue weighted by molar-refractivity contribution is 5.69. The van der Waals surface area contributed by atoms with Gasteiger partial charge in [0.05, 0.1) is 12.2 Å². The molecule has 0 aliphatic heterocycles. The number of aromatic nitrogens is 2. The molecular weight excluding hydrogens is 330 g/mol. The number of carbonyl (C=O) groups excluding carboxylic acids is 1. The van der Waals surface area contributed by atoms with E-state index in [0.717, 1.165) is 24.1 Å². The molecule has 1 fully saturated rings. The quantitative estimate of drug-likeness (QED) is 0.804. The fraction of sp³-hybridized carbons (Fsp3) is 0.550. The normalized spacial score (nSPS) is 15.1. The molecule has 2 aromatic heterocycles. The lowest BCUT2D eigenvalue weighted by atomic mass is 9.84. The number of H-pyrrole nitrogens is 1. The predicted octanol–water partition coefficient (Wildman–Crippen LogP) is 3.43. The third-order valence-electron chi connectivity index (χ3n) is 5.14. The molecule has 3 rings (SSSR count). The number of aryl methyl sites for hydroxylation is 1. The molecule has 0 spiro atoms. The van der Waals surface area contributed by atoms with E-state index in [0.29, 0.717) is 43.0 Å². The summed E-state index contributed by atoms with van der Waals surface area (Å²) in [4.78, 5) is 27.2. The first-order valence-corrected chi connectivity index (χ1v) is 9.47. The van der Waals surface area contributed by atoms with Crippen LogP contribution in [0.2, 0.25) is 0 Å². The van der Waals surface area contributed by atoms with Crippen molar-refractivity contribution in [1.82, 2.24) is 9.38 Å². The van der Waals surface area contributed by atoms with Gasteiger partial charge in [0, 0.05) is 24.4 Å². The number of nitrogens with one attached hydrogen (secondary N) is 1. The lowest BCUT2D eigenvalue weighted by Crippen LogP contribution is -2.14. The van der Waals surface area contributed by atoms with Crippen molar-refractivity contribution in [2.75, 3.05) is 6.61 Å². The second-order valence-corrected chi connectivity index (χ2v) is 6.92. The number of hydrogen-bond donors (Lipinski definition) is 1. The molecule has 0 saturated heterocycles. The number of nitriles is 1. The van der Waals surface area contributed by atoms with Gasteiger partial charge in [-0.3, -0.25) is 14.0 Å². The Hall–Kier alpha value is -2.55. The van der Waals surface area contributed by atoms with Crippen LogP contribution in [0, 0.1) is 11.3 Å². The second-order valence-electron chi connectivity index (χ2n) is 6.92. The van der Waals surface area contributed by atoms with Gasteiger partial charge in [0.25, 0.3) is 5.56 Å². The van der Waals surface area contributed by atoms with E-state index < -0.39 is 0 Å². The average molecular weight is 355 g/mol. The van der Waals surface area contributed by atoms with E-state index in [9.17, 15) is 14.9 Å². The summed E-state index contributed by atoms with van der Waals surface area (Å²) in [6, 6.07) is 3.86. The number of aromatic amines is 1. The average Bonchev–Trinajstić information content (AvgIpc) is 3.02. The second kappa shape index (κ2) is 8.22. The third-order valence-corrected chi connectivity index (χ3v) is 5.14. The molecule has 6 nitrogen and oxygen atoms in total. The van der Waals surface area contributed by atoms with Gasteiger partial charge in [-0.25, -0.2) is 0 Å². The van der Waals surface area contributed by atoms with Crippen LogP contribution in [0.5, 0.6) is 0 Å². The van der Waals surface area contributed by atoms with Crippen LogP contribution in [-0.2, 0) is 16.0 Å². The fourth-order valence-electron chi connectivity index (χ4n) is 3.86. The molecule has 138 valence electrons. The molecule has 1 aliphatic rings. The minimum atomic E-state index is -0.226. The molecule has 1 aliphatic carbocycles. The highest BCUT2D eigenvalue weighted by Gasteiger charge is 2.23. The van der Waals surface area contributed by atoms with Crippen molar-refractivity contribution >= 4 is 11.6 Å². The van der Waals surface area contributed by atoms with Gasteiger partial charge in [0.15, 0.2) is 0 Å². The van der Waals surface area contributed by atoms with Crippen LogP contribution < -0.4 is 5.56 Å². The van der Waals surface area contributed by atoms with Gasteiger partial charge in [0.1, 0.15) is 11.7 Å². The van der Waals surface area contributed by atoms with Crippen LogP contribution in [0.4, 0.5) is 0 Å². The Kier molecular flexibility index (Phi) is 5.77. The lowest BCUT2D eigenvalue weighted by Gasteiger charge is -2.20. The van der Waals surface area contributed by atoms with Crippen LogP contribution in [0.3, 0.4) is 0 Å². The number of fused-ring (bicyclic) bond motifs is 1. The van der Waals surface area contributed by atoms with Crippen LogP contribution in [-0.4, -0.2) is 22.0 Å². The minimum absolute atomic E-state index is 0.136. The van der Waals surface area contributed by atoms with E-state index in [4.69, 9.17) is 4.74 Å². The molecule has 0 radical (unpaired) electrons. The molecule has 0 atom stereocenters. The Morgan fingerprint density at radius 3 is 2.85 bits per heavy atom. The molecule has 26 heavy (non-hydrogen) atoms. The first kappa shape index (κ1) is 18.2. The van der Waals surface area contributed by atoms with E-state index in [1.54, 1.807) is 17.4 Å². The summed E-state index contributed by atoms with van der Waals surface area (Å²) in [5.74, 6) is 0.134. The van der Waals surface area contributed by atoms with Crippen molar-refractivity contribution in [3.63, 3.8) is 0 Å². The van der Waals surface area contributed by atoms with Gasteiger partial charge in [-0.1, -0.05) is 19.3 Å². The SMILES string of the molecule is CCOC(=O)CCCc1cc(=O)n2cc(C3CCCCC3)c(C#N)c2[nH]1. The topological polar surface area (TPSA) is 87.4 Å². The number of rotatable bonds is 6. The number of ether oxygens (including phenoxy) is 1. The zero-order valence-electron chi connectivity index (χ0n) is 15.2. The van der Waals surface area contributed by atoms with Crippen molar-refractivity contribution in [3.8, 4) is 6.07 Å². The maximum Gasteiger partial charge on any atom is 0.305 e. The third kappa shape index (κ3) is 3.82. The van der Waals surface area contributed by atoms with Crippen molar-refractivity contribution in [2.24, 2.45) is 0 Å². The largest absolute Gasteiger partial charge is 0.466 e. The fourth-order valence-corrected chi connectivity index (χ4v) is 3.86. The summed E-state index contributed by atoms with van der Waals surface area (Å²) in [6.07, 6.45) is 9.07. The number of nitrogens with zero attached hydrogens (tertiary/aromatic N) is 2. The molecule has 0 unspecified atom stereocenters. The van der Waals surface area contributed by atoms with Crippen LogP contribution in [0.25, 0.3) is 5.65 Å². The Labute approximate surface area is 152 Å². The first-order valence-electron chi connectivity index (χ1n) is 9.47. The summed E-state index contributed by atoms with van der Waals surface area (Å²) in [6.45, 7) is 2.16. The Morgan fingerprint density at radius 1 is 1.38 bits per heavy atom. The molecular formula is C20H25N3O3. The van der Waals surface area contributed by atoms with Crippen molar-refractivity contribution in [1.29, 1.82) is 5.26 Å². The van der Waals surface area contributed by atoms with E-state index >= 15 is 0 Å². The molecule has 6 heteroatoms. The van der Waals surface area contributed by atoms with E-state index in [2.05, 4.69) is 11.1 Å². The highest BCUT2D eigenvalue weighted by Crippen LogP contribution is 2.35. The summed E-state index contributed by atoms with van der Waals surface area (Å²) in [5, 5.41) is 9.68. The molecule has 0 bridgehead atoms. The zero-order valence-corrected chi connectivity index (χ0v) is 15.2. The number of hydrogen-bond acceptors (Lipinski definition) is 4. The van der Waals surface area contributed by atoms with Crippen molar-refractivity contribution in [2.45, 2.75) is 64.2 Å². The van der Waals surface area contributed by atoms with Gasteiger partial charge in [-0.15, -0.1) is 0 Å². The number of carbonyl (C=O) groups is 1. The van der Waals surface area contributed by atoms with Crippen molar-refractivity contribution in [3.05, 3.63) is 39.4 Å². The predicted molar refractivity (Wildman–Crippen MR) is 98.1 cm³/mol. The number of esters is 1. The van der Waals surface area contributed by atoms with Gasteiger partial charge in [-0.05, 0) is 44.1 Å². The summed E-state index contributed by atoms with van der Waals surface area (Å²) < 4.78 is 6.48. The standard InChI is InChI=1S/C20H25N3O3/c1-2-26-19(25)10-6-9-15-11-18(24)23-13-17(14-7-4-3-5-8-14)16(12-21)20(23)22-15/h11,13-14,22H,2-10H2,1H3. The lowest BCUT2D eigenvalue weighted by molar-refractivity contribution is -0.143. The molecule has 2 aromatic rings. The zero-order chi connectivity index (χ0) is 18.5. The molecule has 1 saturated carbocycles. The summed E-state index contributed by atoms with van der Waals surface area (Å²) in [5.41, 5.74) is 2.76. The first-order chi connectivity index (χ1) is 12.6. The van der Waals surface area contributed by atoms with Gasteiger partial charge < -0.3 is 9.72 Å². The molecule has 0 aromatic carbocycles. The van der Waals surface area contributed by atoms with Gasteiger partial charge >= 0.3 is 5.97 Å². The Morgan fingerprint density at radius 2 is 2.15 bits per heavy atom. The molecule has 2 heterocycles. The molecule has 1 N–H and O–H groups in total. The van der Waals surface area contributed by atoms with Gasteiger partial charge in [-0.2, -0.15) is 5.26 Å². The Balaban J connectivity index is 1.86. The summed E-state index contributed by atoms with van der Waals surface area (Å²) >= 11 is 0. The maximum atomic E-state index is 12.5. The highest BCUT2D eigenvalue weighted by atomic mass is 16.5. The van der Waals surface area contributed by atoms with Gasteiger partial charge in [0.2, 0.25) is 0 Å². The van der Waals surface area contributed by atoms with E-state index in [-0.39, 0.29) is 11.5 Å². The van der Waals surface area contributed by atoms with Crippen LogP contribution in [0.15, 0.2) is 17.1 Å². The van der Waals surface area contributed by atoms with Crippen LogP contribution >= 0.6 is 0 Å². The Bertz CT molecular complexity index is 882. The van der Waals surface area contributed by atoms with Crippen molar-refractivity contribution < 1.29 is 9.53 Å². The minimum Gasteiger partial charge on any atom is -0.466 e. The van der Waals surface area contributed by atoms with E-state index in [1.807, 2.05) is 6.20 Å². The monoisotopic (exact) mass is 355 g/mol. The van der Waals surface area contributed by atoms with E-state index in [1.165, 1.54) is 19.3 Å². The van der Waals surface area contributed by atoms with Crippen LogP contribution in [0.1, 0.15) is 74.6 Å². The summed E-state index contributed by atoms with van der Waals surface area (Å²) in [7, 11) is 0. The maximum absolute atomic E-state index is 12.5. The molecule has 0 amide bonds. The smallest absolute Gasteiger partial charge is 0.305 e.